The van der Waals surface area contributed by atoms with Gasteiger partial charge in [0.25, 0.3) is 0 Å². The summed E-state index contributed by atoms with van der Waals surface area (Å²) >= 11 is 0. The van der Waals surface area contributed by atoms with Crippen LogP contribution in [0.5, 0.6) is 0 Å². The first-order valence-corrected chi connectivity index (χ1v) is 5.67. The molecule has 0 aromatic heterocycles. The van der Waals surface area contributed by atoms with Crippen molar-refractivity contribution in [3.05, 3.63) is 23.8 Å². The molecule has 0 fully saturated rings. The Balaban J connectivity index is 4.21. The van der Waals surface area contributed by atoms with Crippen molar-refractivity contribution in [2.75, 3.05) is 0 Å². The van der Waals surface area contributed by atoms with E-state index in [-0.39, 0.29) is 5.91 Å². The molecular formula is C15H19NO. The third-order valence-electron chi connectivity index (χ3n) is 1.97. The number of primary amides is 1. The second kappa shape index (κ2) is 9.31. The van der Waals surface area contributed by atoms with Crippen LogP contribution in [0.3, 0.4) is 0 Å². The van der Waals surface area contributed by atoms with Crippen LogP contribution in [0.2, 0.25) is 0 Å². The largest absolute Gasteiger partial charge is 0.366 e. The lowest BCUT2D eigenvalue weighted by atomic mass is 10.0. The second-order valence-electron chi connectivity index (χ2n) is 4.07. The fraction of sp³-hybridized carbons (Fsp3) is 0.400. The van der Waals surface area contributed by atoms with E-state index in [2.05, 4.69) is 31.6 Å². The monoisotopic (exact) mass is 229 g/mol. The first-order chi connectivity index (χ1) is 8.07. The molecule has 1 amide bonds. The molecule has 0 bridgehead atoms. The van der Waals surface area contributed by atoms with Crippen molar-refractivity contribution in [2.45, 2.75) is 33.1 Å². The molecule has 0 unspecified atom stereocenters. The number of hydrogen-bond donors (Lipinski definition) is 1. The number of carbonyl (C=O) groups excluding carboxylic acids is 1. The van der Waals surface area contributed by atoms with Gasteiger partial charge < -0.3 is 5.73 Å². The van der Waals surface area contributed by atoms with E-state index in [1.54, 1.807) is 6.08 Å². The molecule has 2 nitrogen and oxygen atoms in total. The zero-order valence-electron chi connectivity index (χ0n) is 10.5. The number of unbranched alkanes of at least 4 members (excludes halogenated alkanes) is 1. The van der Waals surface area contributed by atoms with Gasteiger partial charge in [-0.15, -0.1) is 6.42 Å². The van der Waals surface area contributed by atoms with Crippen LogP contribution in [0.25, 0.3) is 0 Å². The van der Waals surface area contributed by atoms with Gasteiger partial charge in [0, 0.05) is 12.0 Å². The van der Waals surface area contributed by atoms with Gasteiger partial charge in [0.1, 0.15) is 0 Å². The molecular weight excluding hydrogens is 210 g/mol. The van der Waals surface area contributed by atoms with E-state index in [4.69, 9.17) is 12.2 Å². The molecule has 0 spiro atoms. The highest BCUT2D eigenvalue weighted by molar-refractivity contribution is 5.92. The van der Waals surface area contributed by atoms with Gasteiger partial charge in [-0.2, -0.15) is 0 Å². The predicted octanol–water partition coefficient (Wildman–Crippen LogP) is 2.42. The minimum Gasteiger partial charge on any atom is -0.366 e. The van der Waals surface area contributed by atoms with E-state index in [0.717, 1.165) is 12.8 Å². The van der Waals surface area contributed by atoms with Gasteiger partial charge in [-0.25, -0.2) is 0 Å². The van der Waals surface area contributed by atoms with Crippen molar-refractivity contribution in [3.8, 4) is 24.2 Å². The van der Waals surface area contributed by atoms with E-state index in [0.29, 0.717) is 17.9 Å². The molecule has 0 rings (SSSR count). The molecule has 0 aliphatic carbocycles. The molecule has 2 heteroatoms. The fourth-order valence-corrected chi connectivity index (χ4v) is 1.24. The van der Waals surface area contributed by atoms with Crippen molar-refractivity contribution >= 4 is 5.91 Å². The van der Waals surface area contributed by atoms with E-state index >= 15 is 0 Å². The molecule has 0 saturated carbocycles. The highest BCUT2D eigenvalue weighted by atomic mass is 16.1. The van der Waals surface area contributed by atoms with E-state index < -0.39 is 0 Å². The van der Waals surface area contributed by atoms with Crippen LogP contribution in [-0.4, -0.2) is 5.91 Å². The molecule has 17 heavy (non-hydrogen) atoms. The maximum Gasteiger partial charge on any atom is 0.244 e. The summed E-state index contributed by atoms with van der Waals surface area (Å²) in [6, 6.07) is 0. The molecule has 0 atom stereocenters. The van der Waals surface area contributed by atoms with Gasteiger partial charge in [-0.1, -0.05) is 38.0 Å². The zero-order chi connectivity index (χ0) is 13.1. The Morgan fingerprint density at radius 2 is 2.18 bits per heavy atom. The smallest absolute Gasteiger partial charge is 0.244 e. The van der Waals surface area contributed by atoms with Crippen LogP contribution in [0, 0.1) is 30.1 Å². The molecule has 0 aromatic rings. The molecule has 0 saturated heterocycles. The summed E-state index contributed by atoms with van der Waals surface area (Å²) in [7, 11) is 0. The maximum atomic E-state index is 11.1. The highest BCUT2D eigenvalue weighted by Gasteiger charge is 2.05. The van der Waals surface area contributed by atoms with Crippen molar-refractivity contribution in [1.29, 1.82) is 0 Å². The number of nitrogens with two attached hydrogens (primary N) is 1. The first-order valence-electron chi connectivity index (χ1n) is 5.67. The second-order valence-corrected chi connectivity index (χ2v) is 4.07. The molecule has 0 heterocycles. The number of rotatable bonds is 6. The SMILES string of the molecule is C#CC#CCCC=CC=C(CC(C)C)C(N)=O. The fourth-order valence-electron chi connectivity index (χ4n) is 1.24. The summed E-state index contributed by atoms with van der Waals surface area (Å²) in [5.74, 6) is 7.70. The summed E-state index contributed by atoms with van der Waals surface area (Å²) in [6.45, 7) is 4.10. The van der Waals surface area contributed by atoms with Crippen LogP contribution in [0.1, 0.15) is 33.1 Å². The van der Waals surface area contributed by atoms with Crippen molar-refractivity contribution < 1.29 is 4.79 Å². The normalized spacial score (nSPS) is 11.1. The highest BCUT2D eigenvalue weighted by Crippen LogP contribution is 2.10. The van der Waals surface area contributed by atoms with Crippen molar-refractivity contribution in [1.82, 2.24) is 0 Å². The summed E-state index contributed by atoms with van der Waals surface area (Å²) in [5, 5.41) is 0. The standard InChI is InChI=1S/C15H19NO/c1-4-5-6-7-8-9-10-11-14(15(16)17)12-13(2)3/h1,9-11,13H,7-8,12H2,2-3H3,(H2,16,17). The van der Waals surface area contributed by atoms with Crippen molar-refractivity contribution in [2.24, 2.45) is 11.7 Å². The van der Waals surface area contributed by atoms with Gasteiger partial charge in [0.15, 0.2) is 0 Å². The first kappa shape index (κ1) is 15.1. The third-order valence-corrected chi connectivity index (χ3v) is 1.97. The number of terminal acetylenes is 1. The predicted molar refractivity (Wildman–Crippen MR) is 71.7 cm³/mol. The average molecular weight is 229 g/mol. The molecule has 2 N–H and O–H groups in total. The van der Waals surface area contributed by atoms with Crippen LogP contribution in [0.15, 0.2) is 23.8 Å². The Kier molecular flexibility index (Phi) is 8.25. The lowest BCUT2D eigenvalue weighted by Gasteiger charge is -2.04. The van der Waals surface area contributed by atoms with Gasteiger partial charge in [0.2, 0.25) is 5.91 Å². The number of carbonyl (C=O) groups is 1. The Bertz CT molecular complexity index is 397. The quantitative estimate of drug-likeness (QED) is 0.323. The van der Waals surface area contributed by atoms with Gasteiger partial charge in [0.05, 0.1) is 0 Å². The lowest BCUT2D eigenvalue weighted by molar-refractivity contribution is -0.114. The number of amides is 1. The summed E-state index contributed by atoms with van der Waals surface area (Å²) in [4.78, 5) is 11.1. The molecule has 0 aliphatic rings. The number of allylic oxidation sites excluding steroid dienone is 3. The van der Waals surface area contributed by atoms with E-state index in [9.17, 15) is 4.79 Å². The average Bonchev–Trinajstić information content (AvgIpc) is 2.25. The number of hydrogen-bond acceptors (Lipinski definition) is 1. The van der Waals surface area contributed by atoms with Gasteiger partial charge >= 0.3 is 0 Å². The molecule has 90 valence electrons. The Labute approximate surface area is 104 Å². The Morgan fingerprint density at radius 1 is 1.47 bits per heavy atom. The summed E-state index contributed by atoms with van der Waals surface area (Å²) in [5.41, 5.74) is 5.94. The summed E-state index contributed by atoms with van der Waals surface area (Å²) in [6.07, 6.45) is 12.8. The van der Waals surface area contributed by atoms with Crippen LogP contribution in [0.4, 0.5) is 0 Å². The molecule has 0 aliphatic heterocycles. The molecule has 0 radical (unpaired) electrons. The molecule has 0 aromatic carbocycles. The Hall–Kier alpha value is -1.93. The van der Waals surface area contributed by atoms with Crippen molar-refractivity contribution in [3.63, 3.8) is 0 Å². The van der Waals surface area contributed by atoms with Gasteiger partial charge in [-0.3, -0.25) is 4.79 Å². The lowest BCUT2D eigenvalue weighted by Crippen LogP contribution is -2.15. The van der Waals surface area contributed by atoms with E-state index in [1.807, 2.05) is 12.2 Å². The summed E-state index contributed by atoms with van der Waals surface area (Å²) < 4.78 is 0. The third kappa shape index (κ3) is 9.03. The minimum absolute atomic E-state index is 0.351. The van der Waals surface area contributed by atoms with Crippen LogP contribution in [-0.2, 0) is 4.79 Å². The van der Waals surface area contributed by atoms with Crippen LogP contribution < -0.4 is 5.73 Å². The minimum atomic E-state index is -0.351. The van der Waals surface area contributed by atoms with Crippen LogP contribution >= 0.6 is 0 Å². The zero-order valence-corrected chi connectivity index (χ0v) is 10.5. The topological polar surface area (TPSA) is 43.1 Å². The van der Waals surface area contributed by atoms with Gasteiger partial charge in [-0.05, 0) is 30.6 Å². The maximum absolute atomic E-state index is 11.1. The Morgan fingerprint density at radius 3 is 2.71 bits per heavy atom. The van der Waals surface area contributed by atoms with E-state index in [1.165, 1.54) is 0 Å².